The molecule has 3 aromatic rings. The first kappa shape index (κ1) is 42.9. The second-order valence-electron chi connectivity index (χ2n) is 11.8. The average molecular weight is 774 g/mol. The van der Waals surface area contributed by atoms with Crippen LogP contribution in [0.1, 0.15) is 34.3 Å². The van der Waals surface area contributed by atoms with Gasteiger partial charge in [-0.25, -0.2) is 4.79 Å². The highest BCUT2D eigenvalue weighted by Gasteiger charge is 2.45. The van der Waals surface area contributed by atoms with E-state index in [4.69, 9.17) is 5.11 Å². The lowest BCUT2D eigenvalue weighted by atomic mass is 9.97. The van der Waals surface area contributed by atoms with Gasteiger partial charge in [-0.05, 0) is 84.6 Å². The van der Waals surface area contributed by atoms with Gasteiger partial charge in [0, 0.05) is 56.2 Å². The number of nitrogens with zero attached hydrogens (tertiary/aromatic N) is 3. The fraction of sp³-hybridized carbons (Fsp3) is 0.394. The first-order valence-corrected chi connectivity index (χ1v) is 15.1. The van der Waals surface area contributed by atoms with Crippen molar-refractivity contribution in [3.63, 3.8) is 0 Å². The maximum absolute atomic E-state index is 13.7. The van der Waals surface area contributed by atoms with Gasteiger partial charge in [-0.1, -0.05) is 18.2 Å². The number of halogens is 9. The van der Waals surface area contributed by atoms with Crippen molar-refractivity contribution in [3.8, 4) is 11.1 Å². The molecule has 0 radical (unpaired) electrons. The van der Waals surface area contributed by atoms with Crippen molar-refractivity contribution in [1.29, 1.82) is 0 Å². The first-order valence-electron chi connectivity index (χ1n) is 15.1. The summed E-state index contributed by atoms with van der Waals surface area (Å²) in [5.41, 5.74) is 1.98. The van der Waals surface area contributed by atoms with Crippen molar-refractivity contribution in [2.24, 2.45) is 0 Å². The zero-order valence-electron chi connectivity index (χ0n) is 26.4. The van der Waals surface area contributed by atoms with Gasteiger partial charge in [0.15, 0.2) is 6.10 Å². The molecule has 5 rings (SSSR count). The maximum atomic E-state index is 13.7. The molecule has 0 spiro atoms. The predicted octanol–water partition coefficient (Wildman–Crippen LogP) is 6.98. The molecule has 0 bridgehead atoms. The molecule has 0 aliphatic carbocycles. The zero-order chi connectivity index (χ0) is 33.9. The van der Waals surface area contributed by atoms with Crippen LogP contribution in [0.25, 0.3) is 11.1 Å². The molecule has 276 valence electrons. The molecule has 2 aliphatic rings. The number of carbonyl (C=O) groups is 2. The largest absolute Gasteiger partial charge is 0.479 e. The minimum absolute atomic E-state index is 0. The van der Waals surface area contributed by atoms with Crippen molar-refractivity contribution in [3.05, 3.63) is 83.4 Å². The van der Waals surface area contributed by atoms with Crippen LogP contribution in [0.5, 0.6) is 0 Å². The third-order valence-corrected chi connectivity index (χ3v) is 8.58. The van der Waals surface area contributed by atoms with E-state index in [1.54, 1.807) is 42.5 Å². The van der Waals surface area contributed by atoms with Crippen LogP contribution in [0.3, 0.4) is 0 Å². The third kappa shape index (κ3) is 10.6. The number of nitrogens with one attached hydrogen (secondary N) is 1. The van der Waals surface area contributed by atoms with Gasteiger partial charge in [-0.2, -0.15) is 26.3 Å². The van der Waals surface area contributed by atoms with Gasteiger partial charge < -0.3 is 20.4 Å². The first-order chi connectivity index (χ1) is 22.2. The summed E-state index contributed by atoms with van der Waals surface area (Å²) in [5, 5.41) is 21.3. The van der Waals surface area contributed by atoms with E-state index in [0.29, 0.717) is 60.5 Å². The van der Waals surface area contributed by atoms with E-state index in [-0.39, 0.29) is 63.3 Å². The maximum Gasteiger partial charge on any atom is 0.416 e. The van der Waals surface area contributed by atoms with Crippen molar-refractivity contribution in [1.82, 2.24) is 9.80 Å². The van der Waals surface area contributed by atoms with Crippen LogP contribution in [-0.2, 0) is 17.5 Å². The molecule has 2 saturated heterocycles. The summed E-state index contributed by atoms with van der Waals surface area (Å²) in [6.07, 6.45) is -10.1. The summed E-state index contributed by atoms with van der Waals surface area (Å²) in [7, 11) is 0. The molecular formula is C33H37Cl3F6N4O4. The summed E-state index contributed by atoms with van der Waals surface area (Å²) in [5.74, 6) is -1.72. The number of hydrogen-bond donors (Lipinski definition) is 3. The van der Waals surface area contributed by atoms with E-state index in [9.17, 15) is 41.0 Å². The van der Waals surface area contributed by atoms with Crippen LogP contribution in [-0.4, -0.2) is 89.5 Å². The number of β-amino-alcohol motifs (C(OH)–C–C–N with tert-alkyl or cyclic N) is 1. The predicted molar refractivity (Wildman–Crippen MR) is 185 cm³/mol. The Labute approximate surface area is 303 Å². The Hall–Kier alpha value is -3.27. The SMILES string of the molecule is Cl.Cl.Cl.O=C(Nc1ccc(-c2ccc(C(F)(F)F)cc2)c(CN2CCC[C@H]2C(F)(F)F)c1)c1ccc(N2CCN(CC(O)C(=O)O)CC2)cc1. The molecule has 50 heavy (non-hydrogen) atoms. The molecule has 8 nitrogen and oxygen atoms in total. The van der Waals surface area contributed by atoms with E-state index in [2.05, 4.69) is 10.2 Å². The number of piperazine rings is 1. The van der Waals surface area contributed by atoms with E-state index in [0.717, 1.165) is 17.8 Å². The van der Waals surface area contributed by atoms with Gasteiger partial charge >= 0.3 is 18.3 Å². The normalized spacial score (nSPS) is 17.6. The van der Waals surface area contributed by atoms with Crippen LogP contribution in [0.2, 0.25) is 0 Å². The van der Waals surface area contributed by atoms with Crippen molar-refractivity contribution >= 4 is 60.5 Å². The molecule has 17 heteroatoms. The second kappa shape index (κ2) is 17.8. The van der Waals surface area contributed by atoms with Gasteiger partial charge in [0.25, 0.3) is 5.91 Å². The number of aliphatic hydroxyl groups excluding tert-OH is 1. The smallest absolute Gasteiger partial charge is 0.416 e. The number of amides is 1. The van der Waals surface area contributed by atoms with Gasteiger partial charge in [0.05, 0.1) is 5.56 Å². The summed E-state index contributed by atoms with van der Waals surface area (Å²) < 4.78 is 80.6. The molecular weight excluding hydrogens is 737 g/mol. The third-order valence-electron chi connectivity index (χ3n) is 8.58. The average Bonchev–Trinajstić information content (AvgIpc) is 3.50. The number of carboxylic acid groups (broad SMARTS) is 1. The number of hydrogen-bond acceptors (Lipinski definition) is 6. The number of alkyl halides is 6. The Balaban J connectivity index is 0.00000289. The van der Waals surface area contributed by atoms with E-state index in [1.807, 2.05) is 4.90 Å². The number of rotatable bonds is 9. The lowest BCUT2D eigenvalue weighted by Gasteiger charge is -2.36. The fourth-order valence-electron chi connectivity index (χ4n) is 6.07. The van der Waals surface area contributed by atoms with Gasteiger partial charge in [-0.3, -0.25) is 14.6 Å². The minimum Gasteiger partial charge on any atom is -0.479 e. The van der Waals surface area contributed by atoms with Gasteiger partial charge in [0.2, 0.25) is 0 Å². The van der Waals surface area contributed by atoms with Crippen molar-refractivity contribution in [2.45, 2.75) is 43.9 Å². The number of benzene rings is 3. The Kier molecular flexibility index (Phi) is 15.3. The Morgan fingerprint density at radius 2 is 1.46 bits per heavy atom. The fourth-order valence-corrected chi connectivity index (χ4v) is 6.07. The molecule has 1 unspecified atom stereocenters. The van der Waals surface area contributed by atoms with Crippen LogP contribution in [0, 0.1) is 0 Å². The number of aliphatic carboxylic acids is 1. The number of aliphatic hydroxyl groups is 1. The topological polar surface area (TPSA) is 96.4 Å². The molecule has 1 amide bonds. The van der Waals surface area contributed by atoms with E-state index in [1.165, 1.54) is 17.0 Å². The molecule has 2 fully saturated rings. The Morgan fingerprint density at radius 3 is 2.02 bits per heavy atom. The lowest BCUT2D eigenvalue weighted by Crippen LogP contribution is -2.49. The number of likely N-dealkylation sites (tertiary alicyclic amines) is 1. The molecule has 2 heterocycles. The number of carbonyl (C=O) groups excluding carboxylic acids is 1. The Morgan fingerprint density at radius 1 is 0.840 bits per heavy atom. The Bertz CT molecular complexity index is 1570. The standard InChI is InChI=1S/C33H34F6N4O4.3ClH/c34-32(35,36)24-7-3-21(4-8-24)27-12-9-25(18-23(27)19-43-13-1-2-29(43)33(37,38)39)40-30(45)22-5-10-26(11-6-22)42-16-14-41(15-17-42)20-28(44)31(46)47;;;/h3-12,18,28-29,44H,1-2,13-17,19-20H2,(H,40,45)(H,46,47);3*1H/t28?,29-;;;/m0.../s1. The number of anilines is 2. The molecule has 3 N–H and O–H groups in total. The minimum atomic E-state index is -4.54. The summed E-state index contributed by atoms with van der Waals surface area (Å²) >= 11 is 0. The molecule has 0 aromatic heterocycles. The second-order valence-corrected chi connectivity index (χ2v) is 11.8. The van der Waals surface area contributed by atoms with Crippen molar-refractivity contribution < 1.29 is 46.1 Å². The van der Waals surface area contributed by atoms with E-state index < -0.39 is 41.9 Å². The van der Waals surface area contributed by atoms with Crippen LogP contribution in [0.4, 0.5) is 37.7 Å². The van der Waals surface area contributed by atoms with Crippen molar-refractivity contribution in [2.75, 3.05) is 49.5 Å². The van der Waals surface area contributed by atoms with Gasteiger partial charge in [-0.15, -0.1) is 37.2 Å². The summed E-state index contributed by atoms with van der Waals surface area (Å²) in [4.78, 5) is 29.3. The highest BCUT2D eigenvalue weighted by atomic mass is 35.5. The van der Waals surface area contributed by atoms with Gasteiger partial charge in [0.1, 0.15) is 6.04 Å². The number of carboxylic acids is 1. The van der Waals surface area contributed by atoms with Crippen LogP contribution >= 0.6 is 37.2 Å². The highest BCUT2D eigenvalue weighted by Crippen LogP contribution is 2.37. The zero-order valence-corrected chi connectivity index (χ0v) is 28.9. The highest BCUT2D eigenvalue weighted by molar-refractivity contribution is 6.04. The van der Waals surface area contributed by atoms with E-state index >= 15 is 0 Å². The quantitative estimate of drug-likeness (QED) is 0.202. The lowest BCUT2D eigenvalue weighted by molar-refractivity contribution is -0.177. The molecule has 2 atom stereocenters. The molecule has 2 aliphatic heterocycles. The summed E-state index contributed by atoms with van der Waals surface area (Å²) in [6, 6.07) is 14.3. The van der Waals surface area contributed by atoms with Crippen LogP contribution < -0.4 is 10.2 Å². The molecule has 0 saturated carbocycles. The monoisotopic (exact) mass is 772 g/mol. The summed E-state index contributed by atoms with van der Waals surface area (Å²) in [6.45, 7) is 2.43. The van der Waals surface area contributed by atoms with Crippen LogP contribution in [0.15, 0.2) is 66.7 Å². The molecule has 3 aromatic carbocycles.